The van der Waals surface area contributed by atoms with Crippen LogP contribution in [-0.2, 0) is 9.53 Å². The average Bonchev–Trinajstić information content (AvgIpc) is 2.80. The summed E-state index contributed by atoms with van der Waals surface area (Å²) in [5, 5.41) is 2.69. The lowest BCUT2D eigenvalue weighted by Gasteiger charge is -2.10. The van der Waals surface area contributed by atoms with Crippen molar-refractivity contribution in [3.05, 3.63) is 53.3 Å². The van der Waals surface area contributed by atoms with Gasteiger partial charge in [-0.05, 0) is 45.9 Å². The molecule has 1 N–H and O–H groups in total. The Bertz CT molecular complexity index is 703. The number of aryl methyl sites for hydroxylation is 1. The molecule has 0 unspecified atom stereocenters. The molecule has 1 aromatic heterocycles. The van der Waals surface area contributed by atoms with Gasteiger partial charge in [-0.3, -0.25) is 4.79 Å². The van der Waals surface area contributed by atoms with Crippen LogP contribution in [0.3, 0.4) is 0 Å². The van der Waals surface area contributed by atoms with Gasteiger partial charge in [0.2, 0.25) is 0 Å². The molecule has 0 saturated carbocycles. The largest absolute Gasteiger partial charge is 0.452 e. The molecule has 5 nitrogen and oxygen atoms in total. The Hall–Kier alpha value is -2.56. The maximum Gasteiger partial charge on any atom is 0.340 e. The van der Waals surface area contributed by atoms with E-state index in [0.717, 1.165) is 17.1 Å². The zero-order valence-electron chi connectivity index (χ0n) is 13.9. The molecule has 0 saturated heterocycles. The van der Waals surface area contributed by atoms with E-state index >= 15 is 0 Å². The molecule has 1 aromatic carbocycles. The van der Waals surface area contributed by atoms with Gasteiger partial charge in [-0.2, -0.15) is 0 Å². The van der Waals surface area contributed by atoms with Gasteiger partial charge in [-0.25, -0.2) is 4.79 Å². The predicted molar refractivity (Wildman–Crippen MR) is 88.8 cm³/mol. The normalized spacial score (nSPS) is 10.7. The first-order valence-electron chi connectivity index (χ1n) is 7.61. The number of nitrogens with one attached hydrogen (secondary N) is 1. The molecule has 5 heteroatoms. The number of amides is 1. The van der Waals surface area contributed by atoms with Crippen LogP contribution in [0.1, 0.15) is 35.6 Å². The van der Waals surface area contributed by atoms with Crippen LogP contribution < -0.4 is 5.32 Å². The minimum Gasteiger partial charge on any atom is -0.452 e. The summed E-state index contributed by atoms with van der Waals surface area (Å²) in [7, 11) is 0. The minimum absolute atomic E-state index is 0.0179. The Morgan fingerprint density at radius 2 is 1.83 bits per heavy atom. The number of rotatable bonds is 5. The van der Waals surface area contributed by atoms with Crippen LogP contribution in [0.5, 0.6) is 0 Å². The van der Waals surface area contributed by atoms with E-state index in [4.69, 9.17) is 4.74 Å². The lowest BCUT2D eigenvalue weighted by atomic mass is 10.2. The molecule has 0 atom stereocenters. The zero-order chi connectivity index (χ0) is 17.0. The Morgan fingerprint density at radius 3 is 2.43 bits per heavy atom. The molecule has 1 heterocycles. The SMILES string of the molecule is Cc1cc(C(=O)OCC(=O)NC(C)C)c(C)n1-c1ccccc1. The summed E-state index contributed by atoms with van der Waals surface area (Å²) in [4.78, 5) is 23.8. The quantitative estimate of drug-likeness (QED) is 0.863. The number of ether oxygens (including phenoxy) is 1. The molecule has 0 bridgehead atoms. The highest BCUT2D eigenvalue weighted by Gasteiger charge is 2.18. The third-order valence-corrected chi connectivity index (χ3v) is 3.45. The van der Waals surface area contributed by atoms with Crippen molar-refractivity contribution in [1.29, 1.82) is 0 Å². The van der Waals surface area contributed by atoms with Crippen molar-refractivity contribution in [2.45, 2.75) is 33.7 Å². The monoisotopic (exact) mass is 314 g/mol. The van der Waals surface area contributed by atoms with Gasteiger partial charge in [0.25, 0.3) is 5.91 Å². The van der Waals surface area contributed by atoms with Gasteiger partial charge in [-0.15, -0.1) is 0 Å². The van der Waals surface area contributed by atoms with E-state index in [-0.39, 0.29) is 18.6 Å². The predicted octanol–water partition coefficient (Wildman–Crippen LogP) is 2.78. The standard InChI is InChI=1S/C18H22N2O3/c1-12(2)19-17(21)11-23-18(22)16-10-13(3)20(14(16)4)15-8-6-5-7-9-15/h5-10,12H,11H2,1-4H3,(H,19,21). The van der Waals surface area contributed by atoms with E-state index in [1.807, 2.05) is 62.6 Å². The number of hydrogen-bond donors (Lipinski definition) is 1. The van der Waals surface area contributed by atoms with Crippen molar-refractivity contribution >= 4 is 11.9 Å². The van der Waals surface area contributed by atoms with Crippen LogP contribution in [0, 0.1) is 13.8 Å². The van der Waals surface area contributed by atoms with E-state index in [1.165, 1.54) is 0 Å². The van der Waals surface area contributed by atoms with Crippen LogP contribution in [0.25, 0.3) is 5.69 Å². The van der Waals surface area contributed by atoms with Crippen LogP contribution in [-0.4, -0.2) is 29.1 Å². The summed E-state index contributed by atoms with van der Waals surface area (Å²) in [6.45, 7) is 7.24. The van der Waals surface area contributed by atoms with Crippen molar-refractivity contribution in [2.24, 2.45) is 0 Å². The molecule has 122 valence electrons. The molecular weight excluding hydrogens is 292 g/mol. The van der Waals surface area contributed by atoms with Gasteiger partial charge in [0, 0.05) is 23.1 Å². The van der Waals surface area contributed by atoms with Gasteiger partial charge < -0.3 is 14.6 Å². The highest BCUT2D eigenvalue weighted by atomic mass is 16.5. The number of benzene rings is 1. The number of para-hydroxylation sites is 1. The van der Waals surface area contributed by atoms with Gasteiger partial charge in [-0.1, -0.05) is 18.2 Å². The van der Waals surface area contributed by atoms with E-state index in [9.17, 15) is 9.59 Å². The van der Waals surface area contributed by atoms with E-state index in [2.05, 4.69) is 5.32 Å². The topological polar surface area (TPSA) is 60.3 Å². The third kappa shape index (κ3) is 4.00. The van der Waals surface area contributed by atoms with Crippen molar-refractivity contribution < 1.29 is 14.3 Å². The number of nitrogens with zero attached hydrogens (tertiary/aromatic N) is 1. The number of aromatic nitrogens is 1. The fraction of sp³-hybridized carbons (Fsp3) is 0.333. The molecule has 1 amide bonds. The maximum absolute atomic E-state index is 12.2. The van der Waals surface area contributed by atoms with Crippen molar-refractivity contribution in [3.8, 4) is 5.69 Å². The molecule has 0 radical (unpaired) electrons. The molecule has 0 spiro atoms. The molecule has 0 aliphatic carbocycles. The van der Waals surface area contributed by atoms with Crippen molar-refractivity contribution in [1.82, 2.24) is 9.88 Å². The fourth-order valence-electron chi connectivity index (χ4n) is 2.52. The molecule has 2 rings (SSSR count). The number of esters is 1. The first kappa shape index (κ1) is 16.8. The Labute approximate surface area is 136 Å². The van der Waals surface area contributed by atoms with Gasteiger partial charge in [0.05, 0.1) is 5.56 Å². The first-order chi connectivity index (χ1) is 10.9. The van der Waals surface area contributed by atoms with Gasteiger partial charge in [0.15, 0.2) is 6.61 Å². The van der Waals surface area contributed by atoms with Crippen LogP contribution in [0.4, 0.5) is 0 Å². The summed E-state index contributed by atoms with van der Waals surface area (Å²) in [5.74, 6) is -0.788. The lowest BCUT2D eigenvalue weighted by molar-refractivity contribution is -0.124. The Balaban J connectivity index is 2.15. The Kier molecular flexibility index (Phi) is 5.21. The molecule has 0 aliphatic rings. The number of carbonyl (C=O) groups is 2. The van der Waals surface area contributed by atoms with Gasteiger partial charge >= 0.3 is 5.97 Å². The van der Waals surface area contributed by atoms with Crippen LogP contribution in [0.15, 0.2) is 36.4 Å². The summed E-state index contributed by atoms with van der Waals surface area (Å²) in [6, 6.07) is 11.6. The first-order valence-corrected chi connectivity index (χ1v) is 7.61. The molecule has 2 aromatic rings. The molecule has 0 fully saturated rings. The summed E-state index contributed by atoms with van der Waals surface area (Å²) in [5.41, 5.74) is 3.19. The summed E-state index contributed by atoms with van der Waals surface area (Å²) >= 11 is 0. The van der Waals surface area contributed by atoms with Crippen LogP contribution >= 0.6 is 0 Å². The average molecular weight is 314 g/mol. The third-order valence-electron chi connectivity index (χ3n) is 3.45. The second kappa shape index (κ2) is 7.13. The maximum atomic E-state index is 12.2. The fourth-order valence-corrected chi connectivity index (χ4v) is 2.52. The minimum atomic E-state index is -0.487. The smallest absolute Gasteiger partial charge is 0.340 e. The second-order valence-corrected chi connectivity index (χ2v) is 5.75. The zero-order valence-corrected chi connectivity index (χ0v) is 13.9. The van der Waals surface area contributed by atoms with E-state index < -0.39 is 5.97 Å². The molecule has 23 heavy (non-hydrogen) atoms. The highest BCUT2D eigenvalue weighted by Crippen LogP contribution is 2.21. The van der Waals surface area contributed by atoms with Crippen molar-refractivity contribution in [2.75, 3.05) is 6.61 Å². The highest BCUT2D eigenvalue weighted by molar-refractivity contribution is 5.93. The summed E-state index contributed by atoms with van der Waals surface area (Å²) < 4.78 is 7.10. The summed E-state index contributed by atoms with van der Waals surface area (Å²) in [6.07, 6.45) is 0. The van der Waals surface area contributed by atoms with Crippen molar-refractivity contribution in [3.63, 3.8) is 0 Å². The number of hydrogen-bond acceptors (Lipinski definition) is 3. The van der Waals surface area contributed by atoms with Gasteiger partial charge in [0.1, 0.15) is 0 Å². The Morgan fingerprint density at radius 1 is 1.17 bits per heavy atom. The van der Waals surface area contributed by atoms with E-state index in [1.54, 1.807) is 6.07 Å². The lowest BCUT2D eigenvalue weighted by Crippen LogP contribution is -2.34. The molecular formula is C18H22N2O3. The second-order valence-electron chi connectivity index (χ2n) is 5.75. The molecule has 0 aliphatic heterocycles. The number of carbonyl (C=O) groups excluding carboxylic acids is 2. The van der Waals surface area contributed by atoms with Crippen LogP contribution in [0.2, 0.25) is 0 Å². The van der Waals surface area contributed by atoms with E-state index in [0.29, 0.717) is 5.56 Å².